The Labute approximate surface area is 274 Å². The van der Waals surface area contributed by atoms with Crippen LogP contribution in [0.4, 0.5) is 0 Å². The summed E-state index contributed by atoms with van der Waals surface area (Å²) < 4.78 is 22.3. The molecular formula is C40H38N2O5. The van der Waals surface area contributed by atoms with Gasteiger partial charge in [0.2, 0.25) is 0 Å². The average molecular weight is 627 g/mol. The number of ether oxygens (including phenoxy) is 3. The number of aliphatic hydroxyl groups is 1. The van der Waals surface area contributed by atoms with Crippen LogP contribution in [0.3, 0.4) is 0 Å². The summed E-state index contributed by atoms with van der Waals surface area (Å²) in [5.41, 5.74) is 3.14. The van der Waals surface area contributed by atoms with Gasteiger partial charge in [-0.15, -0.1) is 0 Å². The maximum atomic E-state index is 13.5. The van der Waals surface area contributed by atoms with Gasteiger partial charge in [0.05, 0.1) is 17.1 Å². The molecular weight excluding hydrogens is 588 g/mol. The Morgan fingerprint density at radius 3 is 1.47 bits per heavy atom. The molecule has 0 radical (unpaired) electrons. The minimum atomic E-state index is -1.79. The Morgan fingerprint density at radius 2 is 1.06 bits per heavy atom. The number of rotatable bonds is 10. The van der Waals surface area contributed by atoms with Crippen molar-refractivity contribution in [3.63, 3.8) is 0 Å². The molecule has 1 aliphatic rings. The summed E-state index contributed by atoms with van der Waals surface area (Å²) in [7, 11) is 3.10. The molecule has 1 N–H and O–H groups in total. The zero-order chi connectivity index (χ0) is 32.6. The second-order valence-corrected chi connectivity index (χ2v) is 12.0. The lowest BCUT2D eigenvalue weighted by Crippen LogP contribution is -2.62. The first-order chi connectivity index (χ1) is 22.9. The van der Waals surface area contributed by atoms with E-state index in [2.05, 4.69) is 12.1 Å². The summed E-state index contributed by atoms with van der Waals surface area (Å²) in [4.78, 5) is 13.5. The van der Waals surface area contributed by atoms with E-state index in [0.29, 0.717) is 0 Å². The van der Waals surface area contributed by atoms with E-state index >= 15 is 0 Å². The van der Waals surface area contributed by atoms with E-state index in [-0.39, 0.29) is 12.2 Å². The van der Waals surface area contributed by atoms with Crippen molar-refractivity contribution in [1.82, 2.24) is 4.68 Å². The van der Waals surface area contributed by atoms with Crippen LogP contribution in [-0.2, 0) is 24.6 Å². The van der Waals surface area contributed by atoms with Gasteiger partial charge in [0.25, 0.3) is 0 Å². The van der Waals surface area contributed by atoms with Crippen molar-refractivity contribution in [3.05, 3.63) is 156 Å². The first-order valence-corrected chi connectivity index (χ1v) is 15.9. The van der Waals surface area contributed by atoms with E-state index in [4.69, 9.17) is 14.2 Å². The Morgan fingerprint density at radius 1 is 0.660 bits per heavy atom. The molecule has 5 aromatic carbocycles. The fourth-order valence-corrected chi connectivity index (χ4v) is 7.43. The molecule has 0 amide bonds. The van der Waals surface area contributed by atoms with E-state index in [0.717, 1.165) is 38.5 Å². The maximum Gasteiger partial charge on any atom is 0.307 e. The number of aromatic nitrogens is 1. The van der Waals surface area contributed by atoms with Crippen LogP contribution in [0.5, 0.6) is 0 Å². The summed E-state index contributed by atoms with van der Waals surface area (Å²) in [6.07, 6.45) is -0.883. The van der Waals surface area contributed by atoms with Gasteiger partial charge in [-0.05, 0) is 35.7 Å². The van der Waals surface area contributed by atoms with Gasteiger partial charge in [0.1, 0.15) is 17.7 Å². The molecule has 1 aromatic heterocycles. The van der Waals surface area contributed by atoms with Crippen LogP contribution >= 0.6 is 0 Å². The predicted molar refractivity (Wildman–Crippen MR) is 184 cm³/mol. The first-order valence-electron chi connectivity index (χ1n) is 15.9. The average Bonchev–Trinajstić information content (AvgIpc) is 3.65. The van der Waals surface area contributed by atoms with Crippen molar-refractivity contribution in [2.45, 2.75) is 43.1 Å². The Bertz CT molecular complexity index is 1840. The SMILES string of the molecule is COC(OC)(OC(c1ccccc1)(c1ccccc1)c1ccccc1)C1CC(O)C(C(C)=O)N1n1c2ccccc2c2ccccc21. The molecule has 238 valence electrons. The summed E-state index contributed by atoms with van der Waals surface area (Å²) in [5, 5.41) is 15.7. The molecule has 1 saturated heterocycles. The molecule has 0 bridgehead atoms. The zero-order valence-electron chi connectivity index (χ0n) is 26.7. The van der Waals surface area contributed by atoms with Gasteiger partial charge in [0.15, 0.2) is 5.78 Å². The van der Waals surface area contributed by atoms with Crippen LogP contribution in [0.1, 0.15) is 30.0 Å². The molecule has 6 aromatic rings. The normalized spacial score (nSPS) is 18.6. The first kappa shape index (κ1) is 30.8. The third-order valence-electron chi connectivity index (χ3n) is 9.45. The molecule has 1 fully saturated rings. The number of carbonyl (C=O) groups is 1. The summed E-state index contributed by atoms with van der Waals surface area (Å²) in [6.45, 7) is 1.52. The Balaban J connectivity index is 1.50. The van der Waals surface area contributed by atoms with Crippen molar-refractivity contribution in [3.8, 4) is 0 Å². The van der Waals surface area contributed by atoms with Crippen LogP contribution < -0.4 is 5.01 Å². The highest BCUT2D eigenvalue weighted by Crippen LogP contribution is 2.47. The van der Waals surface area contributed by atoms with Gasteiger partial charge in [-0.3, -0.25) is 14.5 Å². The van der Waals surface area contributed by atoms with Gasteiger partial charge in [-0.2, -0.15) is 0 Å². The fourth-order valence-electron chi connectivity index (χ4n) is 7.43. The molecule has 7 nitrogen and oxygen atoms in total. The number of ketones is 1. The number of nitrogens with zero attached hydrogens (tertiary/aromatic N) is 2. The van der Waals surface area contributed by atoms with Crippen LogP contribution in [-0.4, -0.2) is 53.9 Å². The number of hydrogen-bond acceptors (Lipinski definition) is 6. The molecule has 3 atom stereocenters. The number of benzene rings is 5. The number of fused-ring (bicyclic) bond motifs is 3. The quantitative estimate of drug-likeness (QED) is 0.134. The van der Waals surface area contributed by atoms with Crippen LogP contribution in [0.15, 0.2) is 140 Å². The number of para-hydroxylation sites is 2. The van der Waals surface area contributed by atoms with E-state index < -0.39 is 29.8 Å². The lowest BCUT2D eigenvalue weighted by Gasteiger charge is -2.48. The molecule has 3 unspecified atom stereocenters. The lowest BCUT2D eigenvalue weighted by molar-refractivity contribution is -0.397. The predicted octanol–water partition coefficient (Wildman–Crippen LogP) is 6.78. The minimum Gasteiger partial charge on any atom is -0.390 e. The van der Waals surface area contributed by atoms with E-state index in [1.54, 1.807) is 14.2 Å². The van der Waals surface area contributed by atoms with E-state index in [1.165, 1.54) is 6.92 Å². The summed E-state index contributed by atoms with van der Waals surface area (Å²) in [5.74, 6) is -1.97. The molecule has 0 spiro atoms. The minimum absolute atomic E-state index is 0.140. The van der Waals surface area contributed by atoms with E-state index in [1.807, 2.05) is 137 Å². The van der Waals surface area contributed by atoms with Crippen molar-refractivity contribution in [1.29, 1.82) is 0 Å². The maximum absolute atomic E-state index is 13.5. The number of Topliss-reactive ketones (excluding diaryl/α,β-unsaturated/α-hetero) is 1. The molecule has 7 rings (SSSR count). The highest BCUT2D eigenvalue weighted by Gasteiger charge is 2.59. The molecule has 1 aliphatic heterocycles. The molecule has 47 heavy (non-hydrogen) atoms. The monoisotopic (exact) mass is 626 g/mol. The van der Waals surface area contributed by atoms with Gasteiger partial charge in [-0.1, -0.05) is 127 Å². The molecule has 2 heterocycles. The molecule has 0 saturated carbocycles. The van der Waals surface area contributed by atoms with Crippen LogP contribution in [0.2, 0.25) is 0 Å². The van der Waals surface area contributed by atoms with Crippen LogP contribution in [0.25, 0.3) is 21.8 Å². The summed E-state index contributed by atoms with van der Waals surface area (Å²) in [6, 6.07) is 44.5. The number of methoxy groups -OCH3 is 2. The highest BCUT2D eigenvalue weighted by molar-refractivity contribution is 6.08. The number of carbonyl (C=O) groups excluding carboxylic acids is 1. The van der Waals surface area contributed by atoms with Gasteiger partial charge < -0.3 is 19.3 Å². The van der Waals surface area contributed by atoms with Crippen molar-refractivity contribution < 1.29 is 24.1 Å². The highest BCUT2D eigenvalue weighted by atomic mass is 16.9. The molecule has 7 heteroatoms. The number of aliphatic hydroxyl groups excluding tert-OH is 1. The second kappa shape index (κ2) is 12.4. The van der Waals surface area contributed by atoms with Crippen molar-refractivity contribution >= 4 is 27.6 Å². The second-order valence-electron chi connectivity index (χ2n) is 12.0. The molecule has 0 aliphatic carbocycles. The van der Waals surface area contributed by atoms with Gasteiger partial charge in [-0.25, -0.2) is 0 Å². The van der Waals surface area contributed by atoms with E-state index in [9.17, 15) is 9.90 Å². The largest absolute Gasteiger partial charge is 0.390 e. The topological polar surface area (TPSA) is 73.2 Å². The summed E-state index contributed by atoms with van der Waals surface area (Å²) >= 11 is 0. The number of hydrogen-bond donors (Lipinski definition) is 1. The fraction of sp³-hybridized carbons (Fsp3) is 0.225. The third kappa shape index (κ3) is 4.94. The third-order valence-corrected chi connectivity index (χ3v) is 9.45. The Kier molecular flexibility index (Phi) is 8.16. The van der Waals surface area contributed by atoms with Gasteiger partial charge in [0, 0.05) is 31.4 Å². The smallest absolute Gasteiger partial charge is 0.307 e. The zero-order valence-corrected chi connectivity index (χ0v) is 26.7. The van der Waals surface area contributed by atoms with Crippen molar-refractivity contribution in [2.75, 3.05) is 19.2 Å². The standard InChI is InChI=1S/C40H38N2O5/c1-28(43)38-36(44)27-37(42(38)41-34-25-15-13-23-32(34)33-24-14-16-26-35(33)41)40(45-2,46-3)47-39(29-17-7-4-8-18-29,30-19-9-5-10-20-30)31-21-11-6-12-22-31/h4-26,36-38,44H,27H2,1-3H3. The lowest BCUT2D eigenvalue weighted by atomic mass is 9.80. The van der Waals surface area contributed by atoms with Gasteiger partial charge >= 0.3 is 5.97 Å². The van der Waals surface area contributed by atoms with Crippen molar-refractivity contribution in [2.24, 2.45) is 0 Å². The van der Waals surface area contributed by atoms with Crippen LogP contribution in [0, 0.1) is 0 Å². The Hall–Kier alpha value is -4.79.